The third kappa shape index (κ3) is 4.47. The summed E-state index contributed by atoms with van der Waals surface area (Å²) in [5, 5.41) is 2.52. The lowest BCUT2D eigenvalue weighted by Gasteiger charge is -2.22. The smallest absolute Gasteiger partial charge is 0.250 e. The van der Waals surface area contributed by atoms with Crippen LogP contribution in [-0.4, -0.2) is 31.8 Å². The number of halogens is 1. The summed E-state index contributed by atoms with van der Waals surface area (Å²) in [5.41, 5.74) is 6.21. The van der Waals surface area contributed by atoms with Gasteiger partial charge in [-0.15, -0.1) is 0 Å². The van der Waals surface area contributed by atoms with Gasteiger partial charge in [-0.25, -0.2) is 4.39 Å². The number of carbonyl (C=O) groups excluding carboxylic acids is 1. The van der Waals surface area contributed by atoms with Crippen LogP contribution in [0.1, 0.15) is 19.3 Å². The number of rotatable bonds is 5. The number of hydrogen-bond acceptors (Lipinski definition) is 4. The number of nitrogens with two attached hydrogens (primary N) is 1. The molecule has 1 saturated heterocycles. The summed E-state index contributed by atoms with van der Waals surface area (Å²) >= 11 is 0. The van der Waals surface area contributed by atoms with Gasteiger partial charge in [0.1, 0.15) is 12.4 Å². The maximum atomic E-state index is 13.0. The van der Waals surface area contributed by atoms with Gasteiger partial charge in [0.2, 0.25) is 5.91 Å². The second kappa shape index (κ2) is 7.21. The largest absolute Gasteiger partial charge is 0.397 e. The van der Waals surface area contributed by atoms with E-state index in [0.717, 1.165) is 25.9 Å². The van der Waals surface area contributed by atoms with Gasteiger partial charge in [0, 0.05) is 6.61 Å². The van der Waals surface area contributed by atoms with Gasteiger partial charge in [0.15, 0.2) is 0 Å². The molecule has 5 nitrogen and oxygen atoms in total. The molecule has 20 heavy (non-hydrogen) atoms. The molecule has 1 aromatic carbocycles. The Morgan fingerprint density at radius 1 is 1.50 bits per heavy atom. The number of nitrogen functional groups attached to an aromatic ring is 1. The highest BCUT2D eigenvalue weighted by Gasteiger charge is 2.14. The van der Waals surface area contributed by atoms with Gasteiger partial charge >= 0.3 is 0 Å². The van der Waals surface area contributed by atoms with Crippen molar-refractivity contribution >= 4 is 17.3 Å². The van der Waals surface area contributed by atoms with Gasteiger partial charge in [-0.1, -0.05) is 0 Å². The summed E-state index contributed by atoms with van der Waals surface area (Å²) in [6.45, 7) is 1.04. The van der Waals surface area contributed by atoms with Crippen molar-refractivity contribution in [1.29, 1.82) is 0 Å². The zero-order valence-electron chi connectivity index (χ0n) is 11.2. The fourth-order valence-electron chi connectivity index (χ4n) is 2.04. The number of benzene rings is 1. The summed E-state index contributed by atoms with van der Waals surface area (Å²) in [7, 11) is 0. The molecular formula is C14H19FN2O3. The normalized spacial score (nSPS) is 18.8. The average molecular weight is 282 g/mol. The highest BCUT2D eigenvalue weighted by atomic mass is 19.1. The third-order valence-electron chi connectivity index (χ3n) is 3.10. The summed E-state index contributed by atoms with van der Waals surface area (Å²) in [5.74, 6) is -0.816. The second-order valence-corrected chi connectivity index (χ2v) is 4.78. The molecule has 1 fully saturated rings. The Morgan fingerprint density at radius 2 is 2.35 bits per heavy atom. The van der Waals surface area contributed by atoms with Crippen LogP contribution in [-0.2, 0) is 14.3 Å². The van der Waals surface area contributed by atoms with Crippen LogP contribution in [0.15, 0.2) is 18.2 Å². The van der Waals surface area contributed by atoms with Crippen LogP contribution >= 0.6 is 0 Å². The van der Waals surface area contributed by atoms with Crippen molar-refractivity contribution in [3.05, 3.63) is 24.0 Å². The first-order valence-corrected chi connectivity index (χ1v) is 6.69. The van der Waals surface area contributed by atoms with E-state index in [4.69, 9.17) is 15.2 Å². The number of hydrogen-bond donors (Lipinski definition) is 2. The van der Waals surface area contributed by atoms with E-state index in [1.807, 2.05) is 0 Å². The molecule has 1 heterocycles. The minimum Gasteiger partial charge on any atom is -0.397 e. The van der Waals surface area contributed by atoms with Crippen LogP contribution in [0.4, 0.5) is 15.8 Å². The van der Waals surface area contributed by atoms with Gasteiger partial charge in [0.25, 0.3) is 0 Å². The number of nitrogens with one attached hydrogen (secondary N) is 1. The van der Waals surface area contributed by atoms with Crippen molar-refractivity contribution in [3.8, 4) is 0 Å². The maximum Gasteiger partial charge on any atom is 0.250 e. The van der Waals surface area contributed by atoms with Gasteiger partial charge in [-0.2, -0.15) is 0 Å². The van der Waals surface area contributed by atoms with Gasteiger partial charge in [-0.3, -0.25) is 4.79 Å². The van der Waals surface area contributed by atoms with E-state index in [1.54, 1.807) is 0 Å². The average Bonchev–Trinajstić information content (AvgIpc) is 2.44. The highest BCUT2D eigenvalue weighted by molar-refractivity contribution is 5.94. The second-order valence-electron chi connectivity index (χ2n) is 4.78. The first-order chi connectivity index (χ1) is 9.65. The molecule has 0 bridgehead atoms. The predicted octanol–water partition coefficient (Wildman–Crippen LogP) is 1.93. The van der Waals surface area contributed by atoms with E-state index >= 15 is 0 Å². The van der Waals surface area contributed by atoms with E-state index in [0.29, 0.717) is 12.3 Å². The molecule has 0 aromatic heterocycles. The van der Waals surface area contributed by atoms with Crippen molar-refractivity contribution in [2.75, 3.05) is 30.9 Å². The maximum absolute atomic E-state index is 13.0. The molecule has 1 amide bonds. The molecule has 2 rings (SSSR count). The fraction of sp³-hybridized carbons (Fsp3) is 0.500. The minimum absolute atomic E-state index is 0.0655. The van der Waals surface area contributed by atoms with E-state index < -0.39 is 5.82 Å². The highest BCUT2D eigenvalue weighted by Crippen LogP contribution is 2.19. The van der Waals surface area contributed by atoms with Crippen molar-refractivity contribution in [3.63, 3.8) is 0 Å². The molecular weight excluding hydrogens is 263 g/mol. The zero-order valence-corrected chi connectivity index (χ0v) is 11.2. The summed E-state index contributed by atoms with van der Waals surface area (Å²) < 4.78 is 23.8. The van der Waals surface area contributed by atoms with Crippen LogP contribution in [0, 0.1) is 5.82 Å². The molecule has 110 valence electrons. The van der Waals surface area contributed by atoms with Crippen LogP contribution in [0.25, 0.3) is 0 Å². The summed E-state index contributed by atoms with van der Waals surface area (Å²) in [6, 6.07) is 3.82. The van der Waals surface area contributed by atoms with E-state index in [2.05, 4.69) is 5.32 Å². The van der Waals surface area contributed by atoms with Crippen molar-refractivity contribution in [2.24, 2.45) is 0 Å². The Morgan fingerprint density at radius 3 is 3.10 bits per heavy atom. The number of amides is 1. The van der Waals surface area contributed by atoms with E-state index in [1.165, 1.54) is 18.2 Å². The van der Waals surface area contributed by atoms with E-state index in [-0.39, 0.29) is 24.3 Å². The van der Waals surface area contributed by atoms with Crippen LogP contribution in [0.5, 0.6) is 0 Å². The van der Waals surface area contributed by atoms with Crippen LogP contribution < -0.4 is 11.1 Å². The molecule has 1 aliphatic rings. The number of carbonyl (C=O) groups is 1. The van der Waals surface area contributed by atoms with Crippen LogP contribution in [0.3, 0.4) is 0 Å². The summed E-state index contributed by atoms with van der Waals surface area (Å²) in [4.78, 5) is 11.7. The molecule has 0 saturated carbocycles. The molecule has 3 N–H and O–H groups in total. The SMILES string of the molecule is Nc1ccc(F)cc1NC(=O)COCC1CCCCO1. The predicted molar refractivity (Wildman–Crippen MR) is 73.9 cm³/mol. The molecule has 1 aromatic rings. The lowest BCUT2D eigenvalue weighted by atomic mass is 10.1. The van der Waals surface area contributed by atoms with Crippen LogP contribution in [0.2, 0.25) is 0 Å². The zero-order chi connectivity index (χ0) is 14.4. The molecule has 0 radical (unpaired) electrons. The number of ether oxygens (including phenoxy) is 2. The van der Waals surface area contributed by atoms with Gasteiger partial charge in [0.05, 0.1) is 24.1 Å². The van der Waals surface area contributed by atoms with Crippen molar-refractivity contribution < 1.29 is 18.7 Å². The molecule has 0 spiro atoms. The van der Waals surface area contributed by atoms with Crippen molar-refractivity contribution in [1.82, 2.24) is 0 Å². The molecule has 1 aliphatic heterocycles. The standard InChI is InChI=1S/C14H19FN2O3/c15-10-4-5-12(16)13(7-10)17-14(18)9-19-8-11-3-1-2-6-20-11/h4-5,7,11H,1-3,6,8-9,16H2,(H,17,18). The third-order valence-corrected chi connectivity index (χ3v) is 3.10. The van der Waals surface area contributed by atoms with E-state index in [9.17, 15) is 9.18 Å². The Bertz CT molecular complexity index is 462. The Labute approximate surface area is 117 Å². The Kier molecular flexibility index (Phi) is 5.31. The van der Waals surface area contributed by atoms with Crippen molar-refractivity contribution in [2.45, 2.75) is 25.4 Å². The Hall–Kier alpha value is -1.66. The van der Waals surface area contributed by atoms with Gasteiger partial charge in [-0.05, 0) is 37.5 Å². The minimum atomic E-state index is -0.453. The first-order valence-electron chi connectivity index (χ1n) is 6.69. The molecule has 0 aliphatic carbocycles. The quantitative estimate of drug-likeness (QED) is 0.809. The lowest BCUT2D eigenvalue weighted by Crippen LogP contribution is -2.27. The Balaban J connectivity index is 1.73. The summed E-state index contributed by atoms with van der Waals surface area (Å²) in [6.07, 6.45) is 3.23. The molecule has 6 heteroatoms. The number of anilines is 2. The lowest BCUT2D eigenvalue weighted by molar-refractivity contribution is -0.122. The first kappa shape index (κ1) is 14.7. The van der Waals surface area contributed by atoms with Gasteiger partial charge < -0.3 is 20.5 Å². The topological polar surface area (TPSA) is 73.6 Å². The molecule has 1 unspecified atom stereocenters. The monoisotopic (exact) mass is 282 g/mol. The molecule has 1 atom stereocenters. The fourth-order valence-corrected chi connectivity index (χ4v) is 2.04.